The normalized spacial score (nSPS) is 16.4. The number of hydrogen-bond donors (Lipinski definition) is 0. The molecule has 2 amide bonds. The van der Waals surface area contributed by atoms with Gasteiger partial charge in [0.15, 0.2) is 6.10 Å². The number of halogens is 2. The predicted molar refractivity (Wildman–Crippen MR) is 85.4 cm³/mol. The van der Waals surface area contributed by atoms with Gasteiger partial charge in [0.1, 0.15) is 10.8 Å². The molecule has 0 aromatic heterocycles. The summed E-state index contributed by atoms with van der Waals surface area (Å²) in [5, 5.41) is 0.680. The Morgan fingerprint density at radius 1 is 1.14 bits per heavy atom. The fourth-order valence-electron chi connectivity index (χ4n) is 2.31. The van der Waals surface area contributed by atoms with Crippen LogP contribution in [-0.4, -0.2) is 53.9 Å². The molecule has 1 atom stereocenters. The minimum absolute atomic E-state index is 0.0297. The van der Waals surface area contributed by atoms with Gasteiger partial charge in [-0.2, -0.15) is 0 Å². The first-order valence-electron chi connectivity index (χ1n) is 7.05. The highest BCUT2D eigenvalue weighted by atomic mass is 35.5. The quantitative estimate of drug-likeness (QED) is 0.846. The van der Waals surface area contributed by atoms with Crippen LogP contribution in [0.3, 0.4) is 0 Å². The van der Waals surface area contributed by atoms with Crippen LogP contribution in [-0.2, 0) is 9.59 Å². The number of carbonyl (C=O) groups excluding carboxylic acids is 2. The first kappa shape index (κ1) is 16.9. The Bertz CT molecular complexity index is 572. The number of rotatable bonds is 3. The van der Waals surface area contributed by atoms with Gasteiger partial charge in [-0.25, -0.2) is 0 Å². The minimum Gasteiger partial charge on any atom is -0.479 e. The molecule has 120 valence electrons. The first-order valence-corrected chi connectivity index (χ1v) is 7.80. The monoisotopic (exact) mass is 344 g/mol. The van der Waals surface area contributed by atoms with E-state index in [0.29, 0.717) is 42.0 Å². The largest absolute Gasteiger partial charge is 0.479 e. The summed E-state index contributed by atoms with van der Waals surface area (Å²) in [7, 11) is 0. The Kier molecular flexibility index (Phi) is 5.53. The van der Waals surface area contributed by atoms with Gasteiger partial charge in [-0.05, 0) is 19.1 Å². The van der Waals surface area contributed by atoms with Crippen LogP contribution < -0.4 is 4.74 Å². The smallest absolute Gasteiger partial charge is 0.263 e. The van der Waals surface area contributed by atoms with Gasteiger partial charge in [-0.1, -0.05) is 29.3 Å². The van der Waals surface area contributed by atoms with Gasteiger partial charge in [0, 0.05) is 33.1 Å². The van der Waals surface area contributed by atoms with Crippen LogP contribution in [0, 0.1) is 0 Å². The van der Waals surface area contributed by atoms with Crippen LogP contribution in [0.4, 0.5) is 0 Å². The molecule has 0 bridgehead atoms. The second-order valence-corrected chi connectivity index (χ2v) is 5.93. The molecule has 1 fully saturated rings. The van der Waals surface area contributed by atoms with E-state index in [1.807, 2.05) is 0 Å². The van der Waals surface area contributed by atoms with E-state index in [1.54, 1.807) is 34.9 Å². The maximum atomic E-state index is 12.4. The molecule has 0 spiro atoms. The second kappa shape index (κ2) is 7.20. The van der Waals surface area contributed by atoms with Crippen molar-refractivity contribution in [1.82, 2.24) is 9.80 Å². The van der Waals surface area contributed by atoms with Crippen molar-refractivity contribution in [3.05, 3.63) is 28.2 Å². The fraction of sp³-hybridized carbons (Fsp3) is 0.467. The number of benzene rings is 1. The van der Waals surface area contributed by atoms with E-state index >= 15 is 0 Å². The fourth-order valence-corrected chi connectivity index (χ4v) is 2.65. The van der Waals surface area contributed by atoms with Crippen molar-refractivity contribution >= 4 is 35.0 Å². The molecule has 0 aliphatic carbocycles. The molecule has 1 heterocycles. The minimum atomic E-state index is -0.667. The van der Waals surface area contributed by atoms with Crippen LogP contribution in [0.2, 0.25) is 10.0 Å². The maximum absolute atomic E-state index is 12.4. The Balaban J connectivity index is 1.95. The van der Waals surface area contributed by atoms with E-state index in [1.165, 1.54) is 6.92 Å². The summed E-state index contributed by atoms with van der Waals surface area (Å²) in [6, 6.07) is 5.04. The predicted octanol–water partition coefficient (Wildman–Crippen LogP) is 2.45. The van der Waals surface area contributed by atoms with Gasteiger partial charge >= 0.3 is 0 Å². The van der Waals surface area contributed by atoms with Gasteiger partial charge in [0.05, 0.1) is 5.02 Å². The van der Waals surface area contributed by atoms with E-state index in [-0.39, 0.29) is 11.8 Å². The highest BCUT2D eigenvalue weighted by Crippen LogP contribution is 2.32. The van der Waals surface area contributed by atoms with Crippen molar-refractivity contribution in [3.8, 4) is 5.75 Å². The lowest BCUT2D eigenvalue weighted by atomic mass is 10.2. The van der Waals surface area contributed by atoms with Crippen molar-refractivity contribution < 1.29 is 14.3 Å². The van der Waals surface area contributed by atoms with Crippen molar-refractivity contribution in [1.29, 1.82) is 0 Å². The highest BCUT2D eigenvalue weighted by Gasteiger charge is 2.27. The molecule has 1 unspecified atom stereocenters. The summed E-state index contributed by atoms with van der Waals surface area (Å²) in [5.74, 6) is 0.290. The van der Waals surface area contributed by atoms with E-state index in [2.05, 4.69) is 0 Å². The molecule has 0 saturated carbocycles. The number of piperazine rings is 1. The zero-order chi connectivity index (χ0) is 16.3. The number of carbonyl (C=O) groups is 2. The summed E-state index contributed by atoms with van der Waals surface area (Å²) >= 11 is 12.0. The zero-order valence-corrected chi connectivity index (χ0v) is 14.0. The van der Waals surface area contributed by atoms with E-state index < -0.39 is 6.10 Å². The summed E-state index contributed by atoms with van der Waals surface area (Å²) in [6.07, 6.45) is -0.667. The highest BCUT2D eigenvalue weighted by molar-refractivity contribution is 6.42. The molecule has 1 aromatic carbocycles. The van der Waals surface area contributed by atoms with Gasteiger partial charge in [-0.3, -0.25) is 9.59 Å². The first-order chi connectivity index (χ1) is 10.4. The van der Waals surface area contributed by atoms with Crippen LogP contribution in [0.15, 0.2) is 18.2 Å². The maximum Gasteiger partial charge on any atom is 0.263 e. The van der Waals surface area contributed by atoms with E-state index in [4.69, 9.17) is 27.9 Å². The van der Waals surface area contributed by atoms with Gasteiger partial charge in [-0.15, -0.1) is 0 Å². The third-order valence-electron chi connectivity index (χ3n) is 3.60. The number of amides is 2. The lowest BCUT2D eigenvalue weighted by molar-refractivity contribution is -0.143. The van der Waals surface area contributed by atoms with Crippen LogP contribution in [0.25, 0.3) is 0 Å². The van der Waals surface area contributed by atoms with Crippen molar-refractivity contribution in [2.75, 3.05) is 26.2 Å². The SMILES string of the molecule is CC(=O)N1CCN(C(=O)C(C)Oc2cccc(Cl)c2Cl)CC1. The molecule has 5 nitrogen and oxygen atoms in total. The number of nitrogens with zero attached hydrogens (tertiary/aromatic N) is 2. The Morgan fingerprint density at radius 3 is 2.32 bits per heavy atom. The molecule has 1 aromatic rings. The van der Waals surface area contributed by atoms with Gasteiger partial charge in [0.2, 0.25) is 5.91 Å². The molecule has 22 heavy (non-hydrogen) atoms. The van der Waals surface area contributed by atoms with Crippen LogP contribution in [0.1, 0.15) is 13.8 Å². The van der Waals surface area contributed by atoms with Crippen molar-refractivity contribution in [2.24, 2.45) is 0 Å². The zero-order valence-electron chi connectivity index (χ0n) is 12.5. The molecule has 0 N–H and O–H groups in total. The van der Waals surface area contributed by atoms with Crippen LogP contribution >= 0.6 is 23.2 Å². The summed E-state index contributed by atoms with van der Waals surface area (Å²) in [4.78, 5) is 27.1. The third-order valence-corrected chi connectivity index (χ3v) is 4.41. The average molecular weight is 345 g/mol. The molecule has 1 aliphatic heterocycles. The molecular formula is C15H18Cl2N2O3. The van der Waals surface area contributed by atoms with Gasteiger partial charge in [0.25, 0.3) is 5.91 Å². The Morgan fingerprint density at radius 2 is 1.73 bits per heavy atom. The molecular weight excluding hydrogens is 327 g/mol. The summed E-state index contributed by atoms with van der Waals surface area (Å²) in [6.45, 7) is 5.32. The van der Waals surface area contributed by atoms with Crippen molar-refractivity contribution in [2.45, 2.75) is 20.0 Å². The lowest BCUT2D eigenvalue weighted by Crippen LogP contribution is -2.52. The van der Waals surface area contributed by atoms with E-state index in [0.717, 1.165) is 0 Å². The molecule has 7 heteroatoms. The molecule has 1 saturated heterocycles. The lowest BCUT2D eigenvalue weighted by Gasteiger charge is -2.35. The Labute approximate surface area is 139 Å². The van der Waals surface area contributed by atoms with E-state index in [9.17, 15) is 9.59 Å². The van der Waals surface area contributed by atoms with Crippen molar-refractivity contribution in [3.63, 3.8) is 0 Å². The molecule has 2 rings (SSSR count). The van der Waals surface area contributed by atoms with Gasteiger partial charge < -0.3 is 14.5 Å². The summed E-state index contributed by atoms with van der Waals surface area (Å²) in [5.41, 5.74) is 0. The third kappa shape index (κ3) is 3.84. The molecule has 1 aliphatic rings. The standard InChI is InChI=1S/C15H18Cl2N2O3/c1-10(22-13-5-3-4-12(16)14(13)17)15(21)19-8-6-18(7-9-19)11(2)20/h3-5,10H,6-9H2,1-2H3. The topological polar surface area (TPSA) is 49.9 Å². The number of hydrogen-bond acceptors (Lipinski definition) is 3. The molecule has 0 radical (unpaired) electrons. The second-order valence-electron chi connectivity index (χ2n) is 5.14. The average Bonchev–Trinajstić information content (AvgIpc) is 2.51. The van der Waals surface area contributed by atoms with Crippen LogP contribution in [0.5, 0.6) is 5.75 Å². The number of ether oxygens (including phenoxy) is 1. The summed E-state index contributed by atoms with van der Waals surface area (Å²) < 4.78 is 5.63. The Hall–Kier alpha value is -1.46.